The minimum Gasteiger partial charge on any atom is -0.353 e. The maximum absolute atomic E-state index is 5.31. The minimum atomic E-state index is 0.629. The summed E-state index contributed by atoms with van der Waals surface area (Å²) in [5.41, 5.74) is 2.53. The van der Waals surface area contributed by atoms with Gasteiger partial charge in [0.1, 0.15) is 0 Å². The van der Waals surface area contributed by atoms with Crippen molar-refractivity contribution in [1.82, 2.24) is 20.5 Å². The van der Waals surface area contributed by atoms with Crippen LogP contribution in [0.2, 0.25) is 0 Å². The molecule has 1 heterocycles. The van der Waals surface area contributed by atoms with Crippen LogP contribution in [0, 0.1) is 0 Å². The number of hydrazine groups is 1. The van der Waals surface area contributed by atoms with E-state index in [1.165, 1.54) is 0 Å². The van der Waals surface area contributed by atoms with Crippen molar-refractivity contribution in [2.24, 2.45) is 10.8 Å². The molecule has 0 radical (unpaired) electrons. The van der Waals surface area contributed by atoms with Crippen LogP contribution in [0.5, 0.6) is 0 Å². The number of hydrogen-bond acceptors (Lipinski definition) is 3. The van der Waals surface area contributed by atoms with Crippen molar-refractivity contribution in [3.05, 3.63) is 18.5 Å². The fourth-order valence-corrected chi connectivity index (χ4v) is 1.10. The van der Waals surface area contributed by atoms with E-state index in [2.05, 4.69) is 27.8 Å². The SMILES string of the molecule is CCCN=C(NN)NCCn1cccn1. The molecule has 0 aliphatic rings. The molecule has 0 aromatic carbocycles. The third-order valence-corrected chi connectivity index (χ3v) is 1.82. The number of nitrogens with two attached hydrogens (primary N) is 1. The van der Waals surface area contributed by atoms with Crippen LogP contribution >= 0.6 is 0 Å². The second kappa shape index (κ2) is 6.83. The van der Waals surface area contributed by atoms with E-state index in [9.17, 15) is 0 Å². The highest BCUT2D eigenvalue weighted by atomic mass is 15.3. The van der Waals surface area contributed by atoms with Gasteiger partial charge in [0.25, 0.3) is 0 Å². The van der Waals surface area contributed by atoms with Gasteiger partial charge in [-0.15, -0.1) is 0 Å². The van der Waals surface area contributed by atoms with Crippen molar-refractivity contribution in [3.8, 4) is 0 Å². The monoisotopic (exact) mass is 210 g/mol. The van der Waals surface area contributed by atoms with Gasteiger partial charge < -0.3 is 5.32 Å². The maximum atomic E-state index is 5.31. The molecule has 0 saturated heterocycles. The quantitative estimate of drug-likeness (QED) is 0.270. The van der Waals surface area contributed by atoms with Gasteiger partial charge in [-0.1, -0.05) is 6.92 Å². The van der Waals surface area contributed by atoms with Gasteiger partial charge in [0.05, 0.1) is 6.54 Å². The molecule has 4 N–H and O–H groups in total. The second-order valence-electron chi connectivity index (χ2n) is 3.07. The standard InChI is InChI=1S/C9H18N6/c1-2-4-11-9(14-10)12-6-8-15-7-3-5-13-15/h3,5,7H,2,4,6,8,10H2,1H3,(H2,11,12,14). The third-order valence-electron chi connectivity index (χ3n) is 1.82. The summed E-state index contributed by atoms with van der Waals surface area (Å²) in [5.74, 6) is 5.94. The van der Waals surface area contributed by atoms with Gasteiger partial charge in [0, 0.05) is 25.5 Å². The normalized spacial score (nSPS) is 11.5. The van der Waals surface area contributed by atoms with E-state index in [1.54, 1.807) is 6.20 Å². The van der Waals surface area contributed by atoms with Crippen molar-refractivity contribution in [2.45, 2.75) is 19.9 Å². The first kappa shape index (κ1) is 11.5. The number of nitrogens with zero attached hydrogens (tertiary/aromatic N) is 3. The van der Waals surface area contributed by atoms with Gasteiger partial charge in [-0.3, -0.25) is 15.1 Å². The van der Waals surface area contributed by atoms with Gasteiger partial charge in [-0.25, -0.2) is 5.84 Å². The number of aromatic nitrogens is 2. The highest BCUT2D eigenvalue weighted by Gasteiger charge is 1.94. The lowest BCUT2D eigenvalue weighted by atomic mass is 10.5. The summed E-state index contributed by atoms with van der Waals surface area (Å²) in [6, 6.07) is 1.90. The molecular weight excluding hydrogens is 192 g/mol. The zero-order valence-corrected chi connectivity index (χ0v) is 8.98. The minimum absolute atomic E-state index is 0.629. The Kier molecular flexibility index (Phi) is 5.24. The van der Waals surface area contributed by atoms with Crippen LogP contribution in [0.25, 0.3) is 0 Å². The number of hydrogen-bond donors (Lipinski definition) is 3. The first-order valence-corrected chi connectivity index (χ1v) is 5.09. The Morgan fingerprint density at radius 1 is 1.60 bits per heavy atom. The summed E-state index contributed by atoms with van der Waals surface area (Å²) >= 11 is 0. The predicted molar refractivity (Wildman–Crippen MR) is 60.1 cm³/mol. The fourth-order valence-electron chi connectivity index (χ4n) is 1.10. The van der Waals surface area contributed by atoms with Gasteiger partial charge in [0.2, 0.25) is 5.96 Å². The Morgan fingerprint density at radius 2 is 2.47 bits per heavy atom. The molecule has 0 fully saturated rings. The van der Waals surface area contributed by atoms with Crippen molar-refractivity contribution < 1.29 is 0 Å². The number of rotatable bonds is 5. The average molecular weight is 210 g/mol. The van der Waals surface area contributed by atoms with Gasteiger partial charge >= 0.3 is 0 Å². The summed E-state index contributed by atoms with van der Waals surface area (Å²) in [6.45, 7) is 4.38. The van der Waals surface area contributed by atoms with Crippen LogP contribution in [0.3, 0.4) is 0 Å². The Bertz CT molecular complexity index is 279. The Labute approximate surface area is 89.5 Å². The molecule has 1 aromatic rings. The molecule has 84 valence electrons. The lowest BCUT2D eigenvalue weighted by Gasteiger charge is -2.08. The Hall–Kier alpha value is -1.56. The molecule has 1 rings (SSSR count). The molecule has 0 aliphatic carbocycles. The van der Waals surface area contributed by atoms with E-state index < -0.39 is 0 Å². The molecule has 0 atom stereocenters. The number of guanidine groups is 1. The highest BCUT2D eigenvalue weighted by molar-refractivity contribution is 5.79. The van der Waals surface area contributed by atoms with Crippen LogP contribution in [0.15, 0.2) is 23.5 Å². The lowest BCUT2D eigenvalue weighted by molar-refractivity contribution is 0.598. The van der Waals surface area contributed by atoms with Gasteiger partial charge in [-0.05, 0) is 12.5 Å². The van der Waals surface area contributed by atoms with Crippen molar-refractivity contribution in [2.75, 3.05) is 13.1 Å². The molecule has 0 spiro atoms. The van der Waals surface area contributed by atoms with E-state index in [0.29, 0.717) is 5.96 Å². The van der Waals surface area contributed by atoms with E-state index in [4.69, 9.17) is 5.84 Å². The summed E-state index contributed by atoms with van der Waals surface area (Å²) < 4.78 is 1.85. The molecule has 0 unspecified atom stereocenters. The summed E-state index contributed by atoms with van der Waals surface area (Å²) in [5, 5.41) is 7.18. The molecular formula is C9H18N6. The Morgan fingerprint density at radius 3 is 3.07 bits per heavy atom. The average Bonchev–Trinajstić information content (AvgIpc) is 2.76. The highest BCUT2D eigenvalue weighted by Crippen LogP contribution is 1.83. The zero-order valence-electron chi connectivity index (χ0n) is 8.98. The molecule has 0 bridgehead atoms. The van der Waals surface area contributed by atoms with E-state index >= 15 is 0 Å². The summed E-state index contributed by atoms with van der Waals surface area (Å²) in [7, 11) is 0. The van der Waals surface area contributed by atoms with Crippen LogP contribution in [0.1, 0.15) is 13.3 Å². The third kappa shape index (κ3) is 4.46. The topological polar surface area (TPSA) is 80.3 Å². The van der Waals surface area contributed by atoms with E-state index in [0.717, 1.165) is 26.1 Å². The molecule has 0 saturated carbocycles. The van der Waals surface area contributed by atoms with Crippen molar-refractivity contribution in [1.29, 1.82) is 0 Å². The van der Waals surface area contributed by atoms with Crippen LogP contribution in [-0.4, -0.2) is 28.8 Å². The molecule has 6 nitrogen and oxygen atoms in total. The smallest absolute Gasteiger partial charge is 0.205 e. The molecule has 0 aliphatic heterocycles. The first-order chi connectivity index (χ1) is 7.36. The number of nitrogens with one attached hydrogen (secondary N) is 2. The van der Waals surface area contributed by atoms with Crippen molar-refractivity contribution in [3.63, 3.8) is 0 Å². The number of aliphatic imine (C=N–C) groups is 1. The van der Waals surface area contributed by atoms with Crippen LogP contribution in [0.4, 0.5) is 0 Å². The van der Waals surface area contributed by atoms with Crippen molar-refractivity contribution >= 4 is 5.96 Å². The molecule has 1 aromatic heterocycles. The van der Waals surface area contributed by atoms with Crippen LogP contribution < -0.4 is 16.6 Å². The van der Waals surface area contributed by atoms with Crippen LogP contribution in [-0.2, 0) is 6.54 Å². The van der Waals surface area contributed by atoms with E-state index in [1.807, 2.05) is 16.9 Å². The fraction of sp³-hybridized carbons (Fsp3) is 0.556. The molecule has 6 heteroatoms. The zero-order chi connectivity index (χ0) is 10.9. The van der Waals surface area contributed by atoms with E-state index in [-0.39, 0.29) is 0 Å². The molecule has 15 heavy (non-hydrogen) atoms. The second-order valence-corrected chi connectivity index (χ2v) is 3.07. The predicted octanol–water partition coefficient (Wildman–Crippen LogP) is -0.298. The lowest BCUT2D eigenvalue weighted by Crippen LogP contribution is -2.42. The summed E-state index contributed by atoms with van der Waals surface area (Å²) in [4.78, 5) is 4.22. The van der Waals surface area contributed by atoms with Gasteiger partial charge in [0.15, 0.2) is 0 Å². The first-order valence-electron chi connectivity index (χ1n) is 5.09. The molecule has 0 amide bonds. The maximum Gasteiger partial charge on any atom is 0.205 e. The summed E-state index contributed by atoms with van der Waals surface area (Å²) in [6.07, 6.45) is 4.68. The largest absolute Gasteiger partial charge is 0.353 e. The van der Waals surface area contributed by atoms with Gasteiger partial charge in [-0.2, -0.15) is 5.10 Å². The Balaban J connectivity index is 2.23.